The molecule has 4 saturated heterocycles. The number of carbonyl (C=O) groups is 3. The maximum absolute atomic E-state index is 13.2. The van der Waals surface area contributed by atoms with Gasteiger partial charge in [-0.25, -0.2) is 9.59 Å². The Balaban J connectivity index is 1.70. The highest BCUT2D eigenvalue weighted by Crippen LogP contribution is 2.72. The van der Waals surface area contributed by atoms with E-state index in [4.69, 9.17) is 23.9 Å². The number of ether oxygens (including phenoxy) is 3. The van der Waals surface area contributed by atoms with Crippen LogP contribution < -0.4 is 0 Å². The number of carbonyl (C=O) groups excluding carboxylic acids is 3. The fourth-order valence-electron chi connectivity index (χ4n) is 6.54. The van der Waals surface area contributed by atoms with Crippen molar-refractivity contribution in [1.29, 1.82) is 0 Å². The van der Waals surface area contributed by atoms with Crippen molar-refractivity contribution in [3.8, 4) is 0 Å². The van der Waals surface area contributed by atoms with Gasteiger partial charge >= 0.3 is 17.9 Å². The van der Waals surface area contributed by atoms with E-state index < -0.39 is 40.5 Å². The van der Waals surface area contributed by atoms with Crippen LogP contribution in [0.15, 0.2) is 0 Å². The Bertz CT molecular complexity index is 741. The van der Waals surface area contributed by atoms with Gasteiger partial charge < -0.3 is 14.2 Å². The molecule has 0 amide bonds. The Hall–Kier alpha value is -1.71. The molecule has 2 saturated carbocycles. The second-order valence-electron chi connectivity index (χ2n) is 8.47. The van der Waals surface area contributed by atoms with Crippen molar-refractivity contribution in [2.24, 2.45) is 16.7 Å². The van der Waals surface area contributed by atoms with E-state index >= 15 is 0 Å². The first-order valence-electron chi connectivity index (χ1n) is 9.36. The summed E-state index contributed by atoms with van der Waals surface area (Å²) in [5, 5.41) is 1.20. The average Bonchev–Trinajstić information content (AvgIpc) is 3.00. The molecule has 0 aromatic heterocycles. The van der Waals surface area contributed by atoms with Crippen LogP contribution in [0.4, 0.5) is 0 Å². The zero-order chi connectivity index (χ0) is 19.2. The quantitative estimate of drug-likeness (QED) is 0.500. The van der Waals surface area contributed by atoms with Crippen molar-refractivity contribution in [3.63, 3.8) is 0 Å². The fourth-order valence-corrected chi connectivity index (χ4v) is 6.54. The normalized spacial score (nSPS) is 50.0. The number of methoxy groups -OCH3 is 2. The van der Waals surface area contributed by atoms with Crippen molar-refractivity contribution in [2.75, 3.05) is 14.2 Å². The SMILES string of the molecule is COC(=O)[C@@H]1ON2O[C@](C)(C(=O)OC)C3CCC14CC1CCC4(C(=O)O1)C32. The van der Waals surface area contributed by atoms with Gasteiger partial charge in [-0.15, -0.1) is 0 Å². The lowest BCUT2D eigenvalue weighted by molar-refractivity contribution is -0.454. The summed E-state index contributed by atoms with van der Waals surface area (Å²) in [7, 11) is 2.60. The number of nitrogens with zero attached hydrogens (tertiary/aromatic N) is 1. The highest BCUT2D eigenvalue weighted by Gasteiger charge is 2.82. The molecule has 0 radical (unpaired) electrons. The third-order valence-corrected chi connectivity index (χ3v) is 7.70. The topological polar surface area (TPSA) is 101 Å². The molecule has 9 nitrogen and oxygen atoms in total. The van der Waals surface area contributed by atoms with E-state index in [1.165, 1.54) is 19.4 Å². The minimum Gasteiger partial charge on any atom is -0.467 e. The number of esters is 3. The molecule has 5 unspecified atom stereocenters. The lowest BCUT2D eigenvalue weighted by Crippen LogP contribution is -2.77. The predicted molar refractivity (Wildman–Crippen MR) is 85.3 cm³/mol. The predicted octanol–water partition coefficient (Wildman–Crippen LogP) is 0.513. The second-order valence-corrected chi connectivity index (χ2v) is 8.47. The Morgan fingerprint density at radius 2 is 1.96 bits per heavy atom. The largest absolute Gasteiger partial charge is 0.467 e. The van der Waals surface area contributed by atoms with Gasteiger partial charge in [0.15, 0.2) is 11.7 Å². The summed E-state index contributed by atoms with van der Waals surface area (Å²) in [5.41, 5.74) is -2.96. The van der Waals surface area contributed by atoms with Crippen LogP contribution >= 0.6 is 0 Å². The maximum atomic E-state index is 13.2. The molecule has 0 N–H and O–H groups in total. The van der Waals surface area contributed by atoms with Crippen molar-refractivity contribution in [1.82, 2.24) is 5.23 Å². The summed E-state index contributed by atoms with van der Waals surface area (Å²) < 4.78 is 15.6. The van der Waals surface area contributed by atoms with Crippen molar-refractivity contribution in [2.45, 2.75) is 62.9 Å². The first-order valence-corrected chi connectivity index (χ1v) is 9.36. The van der Waals surface area contributed by atoms with Crippen LogP contribution in [0.3, 0.4) is 0 Å². The van der Waals surface area contributed by atoms with E-state index in [0.717, 1.165) is 6.42 Å². The number of rotatable bonds is 2. The summed E-state index contributed by atoms with van der Waals surface area (Å²) in [6, 6.07) is -0.509. The molecule has 2 aliphatic carbocycles. The molecule has 0 aromatic rings. The van der Waals surface area contributed by atoms with Crippen molar-refractivity contribution in [3.05, 3.63) is 0 Å². The first-order chi connectivity index (χ1) is 12.8. The van der Waals surface area contributed by atoms with Gasteiger partial charge in [0, 0.05) is 11.3 Å². The van der Waals surface area contributed by atoms with E-state index in [1.807, 2.05) is 0 Å². The molecule has 9 heteroatoms. The van der Waals surface area contributed by atoms with Crippen LogP contribution in [0, 0.1) is 16.7 Å². The number of hydrogen-bond acceptors (Lipinski definition) is 9. The van der Waals surface area contributed by atoms with Gasteiger partial charge in [-0.3, -0.25) is 14.5 Å². The average molecular weight is 381 g/mol. The molecule has 27 heavy (non-hydrogen) atoms. The van der Waals surface area contributed by atoms with Crippen LogP contribution in [-0.2, 0) is 38.3 Å². The second kappa shape index (κ2) is 5.21. The van der Waals surface area contributed by atoms with Gasteiger partial charge in [0.1, 0.15) is 6.10 Å². The molecular formula is C18H23NO8. The third-order valence-electron chi connectivity index (χ3n) is 7.70. The van der Waals surface area contributed by atoms with E-state index in [2.05, 4.69) is 0 Å². The molecular weight excluding hydrogens is 358 g/mol. The molecule has 1 spiro atoms. The van der Waals surface area contributed by atoms with Gasteiger partial charge in [0.05, 0.1) is 25.7 Å². The summed E-state index contributed by atoms with van der Waals surface area (Å²) in [6.45, 7) is 1.65. The Morgan fingerprint density at radius 3 is 2.63 bits per heavy atom. The molecule has 4 aliphatic heterocycles. The molecule has 6 fully saturated rings. The maximum Gasteiger partial charge on any atom is 0.340 e. The number of fused-ring (bicyclic) bond motifs is 2. The van der Waals surface area contributed by atoms with Crippen LogP contribution in [0.25, 0.3) is 0 Å². The zero-order valence-electron chi connectivity index (χ0n) is 15.6. The van der Waals surface area contributed by atoms with E-state index in [0.29, 0.717) is 25.7 Å². The Kier molecular flexibility index (Phi) is 3.36. The van der Waals surface area contributed by atoms with Gasteiger partial charge in [-0.2, -0.15) is 0 Å². The Labute approximate surface area is 156 Å². The van der Waals surface area contributed by atoms with Gasteiger partial charge in [0.2, 0.25) is 0 Å². The lowest BCUT2D eigenvalue weighted by atomic mass is 9.41. The van der Waals surface area contributed by atoms with Crippen LogP contribution in [0.5, 0.6) is 0 Å². The Morgan fingerprint density at radius 1 is 1.19 bits per heavy atom. The van der Waals surface area contributed by atoms with Crippen molar-refractivity contribution >= 4 is 17.9 Å². The molecule has 7 atom stereocenters. The van der Waals surface area contributed by atoms with Gasteiger partial charge in [-0.1, -0.05) is 5.23 Å². The molecule has 6 aliphatic rings. The zero-order valence-corrected chi connectivity index (χ0v) is 15.6. The number of hydrogen-bond donors (Lipinski definition) is 0. The van der Waals surface area contributed by atoms with Crippen LogP contribution in [0.1, 0.15) is 39.0 Å². The standard InChI is InChI=1S/C18H23NO8/c1-16(14(21)24-3)10-5-6-17-8-9-4-7-18(17,15(22)25-9)11(10)19(27-16)26-12(17)13(20)23-2/h9-12H,4-8H2,1-3H3/t9?,10?,11?,12-,16-,17?,18?/m0/s1. The summed E-state index contributed by atoms with van der Waals surface area (Å²) in [4.78, 5) is 50.3. The molecule has 6 rings (SSSR count). The fraction of sp³-hybridized carbons (Fsp3) is 0.833. The summed E-state index contributed by atoms with van der Waals surface area (Å²) in [6.07, 6.45) is 1.85. The smallest absolute Gasteiger partial charge is 0.340 e. The van der Waals surface area contributed by atoms with Gasteiger partial charge in [0.25, 0.3) is 0 Å². The van der Waals surface area contributed by atoms with Crippen LogP contribution in [0.2, 0.25) is 0 Å². The molecule has 4 bridgehead atoms. The highest BCUT2D eigenvalue weighted by atomic mass is 17.0. The minimum absolute atomic E-state index is 0.215. The highest BCUT2D eigenvalue weighted by molar-refractivity contribution is 5.86. The first kappa shape index (κ1) is 17.4. The van der Waals surface area contributed by atoms with Gasteiger partial charge in [-0.05, 0) is 39.0 Å². The van der Waals surface area contributed by atoms with E-state index in [-0.39, 0.29) is 18.0 Å². The monoisotopic (exact) mass is 381 g/mol. The summed E-state index contributed by atoms with van der Waals surface area (Å²) in [5.74, 6) is -1.69. The molecule has 4 heterocycles. The van der Waals surface area contributed by atoms with Crippen LogP contribution in [-0.4, -0.2) is 61.2 Å². The lowest BCUT2D eigenvalue weighted by Gasteiger charge is -2.67. The van der Waals surface area contributed by atoms with E-state index in [9.17, 15) is 14.4 Å². The minimum atomic E-state index is -1.29. The number of hydroxylamine groups is 2. The van der Waals surface area contributed by atoms with Crippen molar-refractivity contribution < 1.29 is 38.3 Å². The molecule has 148 valence electrons. The molecule has 0 aromatic carbocycles. The summed E-state index contributed by atoms with van der Waals surface area (Å²) >= 11 is 0. The third kappa shape index (κ3) is 1.74. The van der Waals surface area contributed by atoms with E-state index in [1.54, 1.807) is 6.92 Å².